The Labute approximate surface area is 188 Å². The van der Waals surface area contributed by atoms with Crippen molar-refractivity contribution in [1.82, 2.24) is 0 Å². The summed E-state index contributed by atoms with van der Waals surface area (Å²) in [4.78, 5) is 0. The zero-order valence-corrected chi connectivity index (χ0v) is 19.1. The number of nitrogen functional groups attached to an aromatic ring is 2. The molecule has 0 saturated heterocycles. The molecule has 0 unspecified atom stereocenters. The van der Waals surface area contributed by atoms with Gasteiger partial charge in [0.1, 0.15) is 11.5 Å². The summed E-state index contributed by atoms with van der Waals surface area (Å²) in [6.07, 6.45) is 1.36. The lowest BCUT2D eigenvalue weighted by Gasteiger charge is -2.15. The molecule has 0 aliphatic carbocycles. The summed E-state index contributed by atoms with van der Waals surface area (Å²) in [6, 6.07) is 10.3. The molecule has 0 bridgehead atoms. The van der Waals surface area contributed by atoms with Crippen LogP contribution in [-0.4, -0.2) is 50.7 Å². The van der Waals surface area contributed by atoms with E-state index in [9.17, 15) is 16.8 Å². The second-order valence-electron chi connectivity index (χ2n) is 7.19. The standard InChI is InChI=1S/C20H28N2O8S2/c21-16-6-7-17(19(14-16)29-9-1-3-11-31(23,24)25)15-5-8-18(22)20(13-15)30-10-2-4-12-32(26,27)28/h5-8,13-14H,1-4,9-12,21-22H2,(H,23,24,25)(H,26,27,28). The Balaban J connectivity index is 2.06. The third kappa shape index (κ3) is 9.30. The van der Waals surface area contributed by atoms with Gasteiger partial charge in [-0.25, -0.2) is 0 Å². The number of nitrogens with two attached hydrogens (primary N) is 2. The molecule has 2 rings (SSSR count). The fourth-order valence-electron chi connectivity index (χ4n) is 2.86. The quantitative estimate of drug-likeness (QED) is 0.186. The van der Waals surface area contributed by atoms with Crippen molar-refractivity contribution < 1.29 is 35.4 Å². The first-order valence-corrected chi connectivity index (χ1v) is 13.1. The molecule has 0 heterocycles. The van der Waals surface area contributed by atoms with Gasteiger partial charge in [-0.05, 0) is 55.5 Å². The Morgan fingerprint density at radius 1 is 0.719 bits per heavy atom. The predicted octanol–water partition coefficient (Wildman–Crippen LogP) is 2.61. The fourth-order valence-corrected chi connectivity index (χ4v) is 4.00. The molecule has 0 radical (unpaired) electrons. The zero-order chi connectivity index (χ0) is 23.8. The van der Waals surface area contributed by atoms with E-state index in [1.807, 2.05) is 0 Å². The highest BCUT2D eigenvalue weighted by Gasteiger charge is 2.11. The van der Waals surface area contributed by atoms with Gasteiger partial charge in [-0.3, -0.25) is 9.11 Å². The van der Waals surface area contributed by atoms with Crippen molar-refractivity contribution in [2.75, 3.05) is 36.2 Å². The maximum Gasteiger partial charge on any atom is 0.264 e. The maximum atomic E-state index is 10.8. The number of rotatable bonds is 13. The molecule has 12 heteroatoms. The van der Waals surface area contributed by atoms with E-state index in [2.05, 4.69) is 0 Å². The van der Waals surface area contributed by atoms with Crippen LogP contribution >= 0.6 is 0 Å². The van der Waals surface area contributed by atoms with E-state index in [0.29, 0.717) is 35.7 Å². The minimum absolute atomic E-state index is 0.224. The first kappa shape index (κ1) is 25.7. The normalized spacial score (nSPS) is 11.9. The third-order valence-electron chi connectivity index (χ3n) is 4.44. The van der Waals surface area contributed by atoms with E-state index in [-0.39, 0.29) is 37.6 Å². The number of hydrogen-bond donors (Lipinski definition) is 4. The van der Waals surface area contributed by atoms with Crippen LogP contribution in [0.4, 0.5) is 11.4 Å². The van der Waals surface area contributed by atoms with Gasteiger partial charge in [0.25, 0.3) is 20.2 Å². The molecule has 6 N–H and O–H groups in total. The Hall–Kier alpha value is -2.54. The van der Waals surface area contributed by atoms with Crippen LogP contribution in [0, 0.1) is 0 Å². The Kier molecular flexibility index (Phi) is 9.13. The van der Waals surface area contributed by atoms with Crippen molar-refractivity contribution in [2.45, 2.75) is 25.7 Å². The largest absolute Gasteiger partial charge is 0.493 e. The van der Waals surface area contributed by atoms with Crippen LogP contribution in [-0.2, 0) is 20.2 Å². The highest BCUT2D eigenvalue weighted by Crippen LogP contribution is 2.36. The summed E-state index contributed by atoms with van der Waals surface area (Å²) >= 11 is 0. The van der Waals surface area contributed by atoms with Gasteiger partial charge < -0.3 is 20.9 Å². The van der Waals surface area contributed by atoms with Gasteiger partial charge in [0.15, 0.2) is 0 Å². The maximum absolute atomic E-state index is 10.8. The molecular formula is C20H28N2O8S2. The Bertz CT molecular complexity index is 1120. The van der Waals surface area contributed by atoms with Crippen LogP contribution in [0.25, 0.3) is 11.1 Å². The third-order valence-corrected chi connectivity index (χ3v) is 6.05. The Morgan fingerprint density at radius 2 is 1.28 bits per heavy atom. The Morgan fingerprint density at radius 3 is 1.84 bits per heavy atom. The van der Waals surface area contributed by atoms with Crippen molar-refractivity contribution in [3.8, 4) is 22.6 Å². The fraction of sp³-hybridized carbons (Fsp3) is 0.400. The molecule has 0 aromatic heterocycles. The van der Waals surface area contributed by atoms with Crippen molar-refractivity contribution in [2.24, 2.45) is 0 Å². The summed E-state index contributed by atoms with van der Waals surface area (Å²) in [7, 11) is -7.99. The van der Waals surface area contributed by atoms with Gasteiger partial charge in [0, 0.05) is 17.3 Å². The average Bonchev–Trinajstić information content (AvgIpc) is 2.67. The van der Waals surface area contributed by atoms with Crippen molar-refractivity contribution in [1.29, 1.82) is 0 Å². The summed E-state index contributed by atoms with van der Waals surface area (Å²) in [6.45, 7) is 0.458. The molecule has 2 aromatic rings. The number of hydrogen-bond acceptors (Lipinski definition) is 8. The van der Waals surface area contributed by atoms with Gasteiger partial charge >= 0.3 is 0 Å². The first-order valence-electron chi connectivity index (χ1n) is 9.90. The second kappa shape index (κ2) is 11.4. The lowest BCUT2D eigenvalue weighted by molar-refractivity contribution is 0.309. The van der Waals surface area contributed by atoms with Crippen molar-refractivity contribution >= 4 is 31.6 Å². The highest BCUT2D eigenvalue weighted by molar-refractivity contribution is 7.86. The molecular weight excluding hydrogens is 460 g/mol. The van der Waals surface area contributed by atoms with Crippen LogP contribution in [0.1, 0.15) is 25.7 Å². The van der Waals surface area contributed by atoms with Crippen molar-refractivity contribution in [3.05, 3.63) is 36.4 Å². The molecule has 2 aromatic carbocycles. The molecule has 10 nitrogen and oxygen atoms in total. The van der Waals surface area contributed by atoms with E-state index in [0.717, 1.165) is 11.1 Å². The van der Waals surface area contributed by atoms with E-state index >= 15 is 0 Å². The molecule has 0 fully saturated rings. The zero-order valence-electron chi connectivity index (χ0n) is 17.4. The first-order chi connectivity index (χ1) is 14.9. The minimum atomic E-state index is -4.00. The van der Waals surface area contributed by atoms with Gasteiger partial charge in [0.05, 0.1) is 30.4 Å². The summed E-state index contributed by atoms with van der Waals surface area (Å²) in [5.41, 5.74) is 14.2. The minimum Gasteiger partial charge on any atom is -0.493 e. The molecule has 0 aliphatic heterocycles. The molecule has 32 heavy (non-hydrogen) atoms. The average molecular weight is 489 g/mol. The number of anilines is 2. The highest BCUT2D eigenvalue weighted by atomic mass is 32.2. The molecule has 178 valence electrons. The monoisotopic (exact) mass is 488 g/mol. The van der Waals surface area contributed by atoms with Gasteiger partial charge in [-0.2, -0.15) is 16.8 Å². The van der Waals surface area contributed by atoms with Crippen LogP contribution in [0.2, 0.25) is 0 Å². The number of ether oxygens (including phenoxy) is 2. The van der Waals surface area contributed by atoms with E-state index in [1.54, 1.807) is 36.4 Å². The SMILES string of the molecule is Nc1ccc(-c2ccc(N)c(OCCCCS(=O)(=O)O)c2)c(OCCCCS(=O)(=O)O)c1. The van der Waals surface area contributed by atoms with Crippen LogP contribution < -0.4 is 20.9 Å². The van der Waals surface area contributed by atoms with Gasteiger partial charge in [0.2, 0.25) is 0 Å². The second-order valence-corrected chi connectivity index (χ2v) is 10.3. The predicted molar refractivity (Wildman–Crippen MR) is 123 cm³/mol. The number of benzene rings is 2. The molecule has 0 amide bonds. The van der Waals surface area contributed by atoms with Crippen LogP contribution in [0.15, 0.2) is 36.4 Å². The van der Waals surface area contributed by atoms with Crippen LogP contribution in [0.5, 0.6) is 11.5 Å². The summed E-state index contributed by atoms with van der Waals surface area (Å²) in [5, 5.41) is 0. The lowest BCUT2D eigenvalue weighted by atomic mass is 10.0. The molecule has 0 atom stereocenters. The molecule has 0 spiro atoms. The van der Waals surface area contributed by atoms with Crippen molar-refractivity contribution in [3.63, 3.8) is 0 Å². The smallest absolute Gasteiger partial charge is 0.264 e. The van der Waals surface area contributed by atoms with Gasteiger partial charge in [-0.15, -0.1) is 0 Å². The molecule has 0 aliphatic rings. The number of unbranched alkanes of at least 4 members (excludes halogenated alkanes) is 2. The summed E-state index contributed by atoms with van der Waals surface area (Å²) in [5.74, 6) is 0.261. The summed E-state index contributed by atoms with van der Waals surface area (Å²) < 4.78 is 72.2. The van der Waals surface area contributed by atoms with E-state index in [4.69, 9.17) is 30.0 Å². The van der Waals surface area contributed by atoms with E-state index < -0.39 is 20.2 Å². The van der Waals surface area contributed by atoms with Crippen LogP contribution in [0.3, 0.4) is 0 Å². The van der Waals surface area contributed by atoms with Gasteiger partial charge in [-0.1, -0.05) is 6.07 Å². The molecule has 0 saturated carbocycles. The lowest BCUT2D eigenvalue weighted by Crippen LogP contribution is -2.07. The topological polar surface area (TPSA) is 179 Å². The van der Waals surface area contributed by atoms with E-state index in [1.165, 1.54) is 0 Å².